The van der Waals surface area contributed by atoms with Gasteiger partial charge in [-0.25, -0.2) is 13.2 Å². The van der Waals surface area contributed by atoms with Gasteiger partial charge in [-0.15, -0.1) is 0 Å². The number of H-pyrrole nitrogens is 1. The maximum Gasteiger partial charge on any atom is 0.417 e. The molecule has 4 rings (SSSR count). The Morgan fingerprint density at radius 3 is 2.46 bits per heavy atom. The Labute approximate surface area is 164 Å². The smallest absolute Gasteiger partial charge is 0.417 e. The van der Waals surface area contributed by atoms with Crippen LogP contribution in [0.3, 0.4) is 0 Å². The fourth-order valence-electron chi connectivity index (χ4n) is 2.78. The summed E-state index contributed by atoms with van der Waals surface area (Å²) in [6, 6.07) is 15.9. The summed E-state index contributed by atoms with van der Waals surface area (Å²) in [6.45, 7) is 0. The van der Waals surface area contributed by atoms with E-state index in [1.165, 1.54) is 12.1 Å². The molecule has 4 aromatic rings. The molecule has 0 saturated carbocycles. The van der Waals surface area contributed by atoms with Gasteiger partial charge < -0.3 is 9.52 Å². The summed E-state index contributed by atoms with van der Waals surface area (Å²) in [5, 5.41) is 9.53. The van der Waals surface area contributed by atoms with E-state index < -0.39 is 15.8 Å². The van der Waals surface area contributed by atoms with Crippen LogP contribution in [-0.2, 0) is 10.0 Å². The van der Waals surface area contributed by atoms with Crippen LogP contribution >= 0.6 is 11.6 Å². The third-order valence-electron chi connectivity index (χ3n) is 4.08. The molecule has 0 saturated heterocycles. The van der Waals surface area contributed by atoms with Crippen molar-refractivity contribution in [2.24, 2.45) is 0 Å². The number of hydrogen-bond donors (Lipinski definition) is 3. The number of aromatic hydroxyl groups is 1. The molecule has 0 bridgehead atoms. The van der Waals surface area contributed by atoms with E-state index in [9.17, 15) is 18.3 Å². The van der Waals surface area contributed by atoms with Crippen molar-refractivity contribution in [2.45, 2.75) is 4.90 Å². The van der Waals surface area contributed by atoms with Crippen LogP contribution in [0, 0.1) is 0 Å². The van der Waals surface area contributed by atoms with E-state index in [0.29, 0.717) is 11.2 Å². The van der Waals surface area contributed by atoms with Crippen LogP contribution in [-0.4, -0.2) is 18.5 Å². The third kappa shape index (κ3) is 3.47. The Balaban J connectivity index is 1.64. The van der Waals surface area contributed by atoms with Crippen LogP contribution in [0.4, 0.5) is 5.69 Å². The first-order chi connectivity index (χ1) is 13.3. The molecular weight excluding hydrogens is 404 g/mol. The summed E-state index contributed by atoms with van der Waals surface area (Å²) >= 11 is 6.08. The number of oxazole rings is 1. The van der Waals surface area contributed by atoms with E-state index in [2.05, 4.69) is 9.71 Å². The normalized spacial score (nSPS) is 11.6. The predicted molar refractivity (Wildman–Crippen MR) is 106 cm³/mol. The number of halogens is 1. The molecule has 28 heavy (non-hydrogen) atoms. The van der Waals surface area contributed by atoms with Gasteiger partial charge in [-0.2, -0.15) is 0 Å². The van der Waals surface area contributed by atoms with Gasteiger partial charge in [-0.05, 0) is 41.5 Å². The van der Waals surface area contributed by atoms with Gasteiger partial charge in [0, 0.05) is 11.8 Å². The van der Waals surface area contributed by atoms with Gasteiger partial charge in [-0.1, -0.05) is 35.9 Å². The zero-order valence-electron chi connectivity index (χ0n) is 14.1. The second kappa shape index (κ2) is 6.74. The van der Waals surface area contributed by atoms with E-state index in [0.717, 1.165) is 11.1 Å². The fourth-order valence-corrected chi connectivity index (χ4v) is 4.39. The van der Waals surface area contributed by atoms with E-state index >= 15 is 0 Å². The molecule has 0 amide bonds. The Morgan fingerprint density at radius 1 is 1.00 bits per heavy atom. The minimum Gasteiger partial charge on any atom is -0.508 e. The van der Waals surface area contributed by atoms with Crippen molar-refractivity contribution < 1.29 is 17.9 Å². The highest BCUT2D eigenvalue weighted by Crippen LogP contribution is 2.29. The second-order valence-electron chi connectivity index (χ2n) is 6.03. The number of benzene rings is 3. The number of aromatic nitrogens is 1. The average molecular weight is 417 g/mol. The fraction of sp³-hybridized carbons (Fsp3) is 0. The van der Waals surface area contributed by atoms with Crippen LogP contribution in [0.15, 0.2) is 74.8 Å². The number of hydrogen-bond acceptors (Lipinski definition) is 5. The molecular formula is C19H13ClN2O5S. The van der Waals surface area contributed by atoms with Crippen LogP contribution in [0.2, 0.25) is 5.02 Å². The Kier molecular flexibility index (Phi) is 4.37. The second-order valence-corrected chi connectivity index (χ2v) is 8.08. The number of sulfonamides is 1. The van der Waals surface area contributed by atoms with Crippen molar-refractivity contribution in [2.75, 3.05) is 4.72 Å². The van der Waals surface area contributed by atoms with Crippen LogP contribution in [0.25, 0.3) is 22.2 Å². The summed E-state index contributed by atoms with van der Waals surface area (Å²) in [5.74, 6) is -0.556. The molecule has 3 N–H and O–H groups in total. The largest absolute Gasteiger partial charge is 0.508 e. The molecule has 0 aliphatic heterocycles. The zero-order valence-corrected chi connectivity index (χ0v) is 15.7. The molecule has 0 radical (unpaired) electrons. The topological polar surface area (TPSA) is 112 Å². The van der Waals surface area contributed by atoms with Crippen molar-refractivity contribution in [3.8, 4) is 16.9 Å². The van der Waals surface area contributed by atoms with E-state index in [4.69, 9.17) is 16.0 Å². The maximum absolute atomic E-state index is 12.7. The zero-order chi connectivity index (χ0) is 19.9. The molecule has 0 aliphatic rings. The molecule has 7 nitrogen and oxygen atoms in total. The standard InChI is InChI=1S/C19H13ClN2O5S/c20-15-9-16-17(27-19(24)21-16)10-18(15)28(25,26)22-13-6-4-11(5-7-13)12-2-1-3-14(23)8-12/h1-10,22-23H,(H,21,24). The number of phenols is 1. The van der Waals surface area contributed by atoms with Crippen molar-refractivity contribution in [3.63, 3.8) is 0 Å². The van der Waals surface area contributed by atoms with Crippen molar-refractivity contribution >= 4 is 38.4 Å². The number of anilines is 1. The number of fused-ring (bicyclic) bond motifs is 1. The van der Waals surface area contributed by atoms with E-state index in [1.807, 2.05) is 6.07 Å². The molecule has 0 atom stereocenters. The number of rotatable bonds is 4. The Hall–Kier alpha value is -3.23. The molecule has 0 fully saturated rings. The SMILES string of the molecule is O=c1[nH]c2cc(Cl)c(S(=O)(=O)Nc3ccc(-c4cccc(O)c4)cc3)cc2o1. The van der Waals surface area contributed by atoms with Gasteiger partial charge in [0.25, 0.3) is 10.0 Å². The van der Waals surface area contributed by atoms with Gasteiger partial charge >= 0.3 is 5.76 Å². The first kappa shape index (κ1) is 18.1. The van der Waals surface area contributed by atoms with Crippen LogP contribution < -0.4 is 10.5 Å². The van der Waals surface area contributed by atoms with Crippen molar-refractivity contribution in [3.05, 3.63) is 76.2 Å². The lowest BCUT2D eigenvalue weighted by Crippen LogP contribution is -2.13. The molecule has 0 aliphatic carbocycles. The van der Waals surface area contributed by atoms with Gasteiger partial charge in [0.2, 0.25) is 0 Å². The molecule has 1 aromatic heterocycles. The molecule has 0 unspecified atom stereocenters. The van der Waals surface area contributed by atoms with Gasteiger partial charge in [0.05, 0.1) is 10.5 Å². The summed E-state index contributed by atoms with van der Waals surface area (Å²) in [5.41, 5.74) is 2.34. The molecule has 0 spiro atoms. The van der Waals surface area contributed by atoms with Crippen molar-refractivity contribution in [1.29, 1.82) is 0 Å². The molecule has 1 heterocycles. The lowest BCUT2D eigenvalue weighted by molar-refractivity contribution is 0.475. The first-order valence-corrected chi connectivity index (χ1v) is 9.93. The first-order valence-electron chi connectivity index (χ1n) is 8.06. The molecule has 142 valence electrons. The van der Waals surface area contributed by atoms with E-state index in [1.54, 1.807) is 42.5 Å². The highest BCUT2D eigenvalue weighted by molar-refractivity contribution is 7.92. The van der Waals surface area contributed by atoms with E-state index in [-0.39, 0.29) is 21.3 Å². The van der Waals surface area contributed by atoms with Gasteiger partial charge in [0.15, 0.2) is 5.58 Å². The quantitative estimate of drug-likeness (QED) is 0.466. The highest BCUT2D eigenvalue weighted by atomic mass is 35.5. The average Bonchev–Trinajstić information content (AvgIpc) is 3.00. The minimum absolute atomic E-state index is 0.0477. The van der Waals surface area contributed by atoms with Crippen LogP contribution in [0.5, 0.6) is 5.75 Å². The predicted octanol–water partition coefficient (Wildman–Crippen LogP) is 3.95. The van der Waals surface area contributed by atoms with Gasteiger partial charge in [-0.3, -0.25) is 9.71 Å². The summed E-state index contributed by atoms with van der Waals surface area (Å²) < 4.78 is 32.8. The lowest BCUT2D eigenvalue weighted by atomic mass is 10.1. The highest BCUT2D eigenvalue weighted by Gasteiger charge is 2.20. The molecule has 3 aromatic carbocycles. The van der Waals surface area contributed by atoms with Crippen LogP contribution in [0.1, 0.15) is 0 Å². The summed E-state index contributed by atoms with van der Waals surface area (Å²) in [7, 11) is -4.01. The lowest BCUT2D eigenvalue weighted by Gasteiger charge is -2.10. The summed E-state index contributed by atoms with van der Waals surface area (Å²) in [6.07, 6.45) is 0. The third-order valence-corrected chi connectivity index (χ3v) is 5.93. The number of nitrogens with one attached hydrogen (secondary N) is 2. The monoisotopic (exact) mass is 416 g/mol. The number of aromatic amines is 1. The number of phenolic OH excluding ortho intramolecular Hbond substituents is 1. The van der Waals surface area contributed by atoms with Crippen molar-refractivity contribution in [1.82, 2.24) is 4.98 Å². The summed E-state index contributed by atoms with van der Waals surface area (Å²) in [4.78, 5) is 13.5. The Bertz CT molecular complexity index is 1340. The minimum atomic E-state index is -4.01. The van der Waals surface area contributed by atoms with Gasteiger partial charge in [0.1, 0.15) is 10.6 Å². The Morgan fingerprint density at radius 2 is 1.75 bits per heavy atom. The maximum atomic E-state index is 12.7. The molecule has 9 heteroatoms.